The van der Waals surface area contributed by atoms with Gasteiger partial charge in [0.15, 0.2) is 0 Å². The molecule has 26 heavy (non-hydrogen) atoms. The summed E-state index contributed by atoms with van der Waals surface area (Å²) >= 11 is 0. The maximum Gasteiger partial charge on any atom is 0.0166 e. The van der Waals surface area contributed by atoms with Gasteiger partial charge in [-0.3, -0.25) is 4.90 Å². The Kier molecular flexibility index (Phi) is 13.4. The van der Waals surface area contributed by atoms with Crippen molar-refractivity contribution < 1.29 is 0 Å². The molecule has 1 rings (SSSR count). The standard InChI is InChI=1S/C24H48N2/c1-21(2)9-6-10-22(3)11-7-12-23(4)13-8-14-24(5)15-18-26-19-16-25-17-20-26/h15,21-23,25H,6-14,16-20H2,1-5H3. The van der Waals surface area contributed by atoms with Crippen molar-refractivity contribution >= 4 is 0 Å². The second-order valence-corrected chi connectivity index (χ2v) is 9.46. The molecule has 154 valence electrons. The number of allylic oxidation sites excluding steroid dienone is 1. The van der Waals surface area contributed by atoms with E-state index >= 15 is 0 Å². The van der Waals surface area contributed by atoms with Crippen molar-refractivity contribution in [3.8, 4) is 0 Å². The van der Waals surface area contributed by atoms with E-state index in [1.54, 1.807) is 5.57 Å². The van der Waals surface area contributed by atoms with Crippen LogP contribution in [0.1, 0.15) is 92.4 Å². The van der Waals surface area contributed by atoms with Crippen molar-refractivity contribution in [3.63, 3.8) is 0 Å². The number of nitrogens with zero attached hydrogens (tertiary/aromatic N) is 1. The lowest BCUT2D eigenvalue weighted by molar-refractivity contribution is 0.264. The van der Waals surface area contributed by atoms with E-state index in [0.29, 0.717) is 0 Å². The molecule has 1 aliphatic heterocycles. The van der Waals surface area contributed by atoms with Crippen LogP contribution in [0.4, 0.5) is 0 Å². The maximum absolute atomic E-state index is 3.42. The van der Waals surface area contributed by atoms with Crippen LogP contribution in [-0.4, -0.2) is 37.6 Å². The van der Waals surface area contributed by atoms with Gasteiger partial charge in [-0.05, 0) is 37.5 Å². The molecule has 2 atom stereocenters. The molecule has 1 aliphatic rings. The summed E-state index contributed by atoms with van der Waals surface area (Å²) < 4.78 is 0. The Morgan fingerprint density at radius 1 is 0.846 bits per heavy atom. The van der Waals surface area contributed by atoms with Crippen LogP contribution in [0.25, 0.3) is 0 Å². The third-order valence-corrected chi connectivity index (χ3v) is 6.05. The number of nitrogens with one attached hydrogen (secondary N) is 1. The average Bonchev–Trinajstić information content (AvgIpc) is 2.60. The zero-order valence-corrected chi connectivity index (χ0v) is 18.7. The number of hydrogen-bond acceptors (Lipinski definition) is 2. The molecule has 0 aromatic carbocycles. The van der Waals surface area contributed by atoms with Gasteiger partial charge in [-0.15, -0.1) is 0 Å². The maximum atomic E-state index is 3.42. The molecule has 1 fully saturated rings. The van der Waals surface area contributed by atoms with E-state index in [0.717, 1.165) is 37.4 Å². The Balaban J connectivity index is 2.00. The smallest absolute Gasteiger partial charge is 0.0166 e. The van der Waals surface area contributed by atoms with E-state index in [4.69, 9.17) is 0 Å². The second kappa shape index (κ2) is 14.7. The summed E-state index contributed by atoms with van der Waals surface area (Å²) in [5.74, 6) is 2.70. The first-order valence-electron chi connectivity index (χ1n) is 11.6. The zero-order valence-electron chi connectivity index (χ0n) is 18.7. The summed E-state index contributed by atoms with van der Waals surface area (Å²) in [6, 6.07) is 0. The lowest BCUT2D eigenvalue weighted by Crippen LogP contribution is -2.43. The molecule has 2 nitrogen and oxygen atoms in total. The van der Waals surface area contributed by atoms with Crippen molar-refractivity contribution in [1.82, 2.24) is 10.2 Å². The summed E-state index contributed by atoms with van der Waals surface area (Å²) in [5.41, 5.74) is 1.59. The highest BCUT2D eigenvalue weighted by atomic mass is 15.2. The lowest BCUT2D eigenvalue weighted by atomic mass is 9.91. The van der Waals surface area contributed by atoms with Crippen LogP contribution in [0.3, 0.4) is 0 Å². The number of piperazine rings is 1. The van der Waals surface area contributed by atoms with Gasteiger partial charge in [-0.1, -0.05) is 84.3 Å². The van der Waals surface area contributed by atoms with E-state index in [2.05, 4.69) is 50.9 Å². The van der Waals surface area contributed by atoms with Crippen LogP contribution in [0, 0.1) is 17.8 Å². The summed E-state index contributed by atoms with van der Waals surface area (Å²) in [7, 11) is 0. The van der Waals surface area contributed by atoms with Crippen LogP contribution >= 0.6 is 0 Å². The first kappa shape index (κ1) is 23.7. The van der Waals surface area contributed by atoms with Crippen molar-refractivity contribution in [2.45, 2.75) is 92.4 Å². The Bertz CT molecular complexity index is 355. The Morgan fingerprint density at radius 3 is 1.96 bits per heavy atom. The monoisotopic (exact) mass is 364 g/mol. The van der Waals surface area contributed by atoms with Gasteiger partial charge in [0.25, 0.3) is 0 Å². The van der Waals surface area contributed by atoms with Crippen molar-refractivity contribution in [1.29, 1.82) is 0 Å². The molecule has 0 aromatic heterocycles. The SMILES string of the molecule is CC(=CCN1CCNCC1)CCCC(C)CCCC(C)CCCC(C)C. The minimum Gasteiger partial charge on any atom is -0.314 e. The Morgan fingerprint density at radius 2 is 1.38 bits per heavy atom. The summed E-state index contributed by atoms with van der Waals surface area (Å²) in [6.07, 6.45) is 15.1. The fourth-order valence-electron chi connectivity index (χ4n) is 3.99. The third kappa shape index (κ3) is 12.9. The van der Waals surface area contributed by atoms with Crippen LogP contribution in [0.5, 0.6) is 0 Å². The fourth-order valence-corrected chi connectivity index (χ4v) is 3.99. The van der Waals surface area contributed by atoms with Gasteiger partial charge in [0, 0.05) is 32.7 Å². The first-order valence-corrected chi connectivity index (χ1v) is 11.6. The van der Waals surface area contributed by atoms with Gasteiger partial charge in [-0.25, -0.2) is 0 Å². The predicted octanol–water partition coefficient (Wildman–Crippen LogP) is 6.28. The highest BCUT2D eigenvalue weighted by Crippen LogP contribution is 2.22. The van der Waals surface area contributed by atoms with Crippen molar-refractivity contribution in [2.75, 3.05) is 32.7 Å². The molecule has 2 heteroatoms. The minimum atomic E-state index is 0.872. The molecule has 1 saturated heterocycles. The molecule has 1 N–H and O–H groups in total. The largest absolute Gasteiger partial charge is 0.314 e. The van der Waals surface area contributed by atoms with Crippen molar-refractivity contribution in [2.24, 2.45) is 17.8 Å². The van der Waals surface area contributed by atoms with E-state index in [1.165, 1.54) is 70.9 Å². The molecule has 0 amide bonds. The summed E-state index contributed by atoms with van der Waals surface area (Å²) in [5, 5.41) is 3.42. The van der Waals surface area contributed by atoms with Crippen LogP contribution in [0.2, 0.25) is 0 Å². The molecular weight excluding hydrogens is 316 g/mol. The summed E-state index contributed by atoms with van der Waals surface area (Å²) in [4.78, 5) is 2.56. The first-order chi connectivity index (χ1) is 12.5. The van der Waals surface area contributed by atoms with Gasteiger partial charge in [0.05, 0.1) is 0 Å². The van der Waals surface area contributed by atoms with Crippen LogP contribution in [-0.2, 0) is 0 Å². The van der Waals surface area contributed by atoms with Crippen molar-refractivity contribution in [3.05, 3.63) is 11.6 Å². The van der Waals surface area contributed by atoms with E-state index in [1.807, 2.05) is 0 Å². The lowest BCUT2D eigenvalue weighted by Gasteiger charge is -2.26. The molecule has 0 bridgehead atoms. The molecule has 1 heterocycles. The van der Waals surface area contributed by atoms with Gasteiger partial charge in [-0.2, -0.15) is 0 Å². The predicted molar refractivity (Wildman–Crippen MR) is 118 cm³/mol. The molecule has 0 spiro atoms. The molecule has 0 aliphatic carbocycles. The molecule has 2 unspecified atom stereocenters. The summed E-state index contributed by atoms with van der Waals surface area (Å²) in [6.45, 7) is 17.8. The van der Waals surface area contributed by atoms with Crippen LogP contribution < -0.4 is 5.32 Å². The normalized spacial score (nSPS) is 19.1. The molecule has 0 radical (unpaired) electrons. The molecule has 0 aromatic rings. The molecular formula is C24H48N2. The number of hydrogen-bond donors (Lipinski definition) is 1. The minimum absolute atomic E-state index is 0.872. The number of rotatable bonds is 14. The zero-order chi connectivity index (χ0) is 19.2. The topological polar surface area (TPSA) is 15.3 Å². The average molecular weight is 365 g/mol. The van der Waals surface area contributed by atoms with Gasteiger partial charge in [0.2, 0.25) is 0 Å². The Labute approximate surface area is 165 Å². The quantitative estimate of drug-likeness (QED) is 0.365. The molecule has 0 saturated carbocycles. The highest BCUT2D eigenvalue weighted by Gasteiger charge is 2.08. The highest BCUT2D eigenvalue weighted by molar-refractivity contribution is 4.99. The van der Waals surface area contributed by atoms with E-state index < -0.39 is 0 Å². The van der Waals surface area contributed by atoms with Gasteiger partial charge >= 0.3 is 0 Å². The van der Waals surface area contributed by atoms with Crippen LogP contribution in [0.15, 0.2) is 11.6 Å². The van der Waals surface area contributed by atoms with E-state index in [9.17, 15) is 0 Å². The second-order valence-electron chi connectivity index (χ2n) is 9.46. The van der Waals surface area contributed by atoms with Gasteiger partial charge < -0.3 is 5.32 Å². The van der Waals surface area contributed by atoms with E-state index in [-0.39, 0.29) is 0 Å². The third-order valence-electron chi connectivity index (χ3n) is 6.05. The Hall–Kier alpha value is -0.340. The van der Waals surface area contributed by atoms with Gasteiger partial charge in [0.1, 0.15) is 0 Å². The fraction of sp³-hybridized carbons (Fsp3) is 0.917.